The number of primary amides is 1. The number of hydrogen-bond donors (Lipinski definition) is 2. The highest BCUT2D eigenvalue weighted by Crippen LogP contribution is 2.22. The van der Waals surface area contributed by atoms with Crippen molar-refractivity contribution < 1.29 is 9.53 Å². The molecule has 0 radical (unpaired) electrons. The molecule has 0 aromatic heterocycles. The van der Waals surface area contributed by atoms with Gasteiger partial charge in [-0.1, -0.05) is 48.5 Å². The fraction of sp³-hybridized carbons (Fsp3) is 0.188. The van der Waals surface area contributed by atoms with Crippen LogP contribution in [0.4, 0.5) is 0 Å². The second-order valence-corrected chi connectivity index (χ2v) is 4.61. The van der Waals surface area contributed by atoms with Crippen LogP contribution in [0, 0.1) is 0 Å². The van der Waals surface area contributed by atoms with Crippen LogP contribution in [0.3, 0.4) is 0 Å². The fourth-order valence-electron chi connectivity index (χ4n) is 1.99. The van der Waals surface area contributed by atoms with Gasteiger partial charge in [0, 0.05) is 6.42 Å². The average molecular weight is 270 g/mol. The van der Waals surface area contributed by atoms with Gasteiger partial charge in [0.15, 0.2) is 0 Å². The van der Waals surface area contributed by atoms with E-state index in [0.717, 1.165) is 5.75 Å². The summed E-state index contributed by atoms with van der Waals surface area (Å²) in [6, 6.07) is 18.5. The van der Waals surface area contributed by atoms with Crippen molar-refractivity contribution in [2.24, 2.45) is 11.5 Å². The molecule has 2 rings (SSSR count). The molecule has 0 spiro atoms. The van der Waals surface area contributed by atoms with Crippen molar-refractivity contribution in [3.05, 3.63) is 66.2 Å². The quantitative estimate of drug-likeness (QED) is 0.840. The maximum Gasteiger partial charge on any atom is 0.242 e. The maximum absolute atomic E-state index is 11.7. The molecule has 4 N–H and O–H groups in total. The van der Waals surface area contributed by atoms with E-state index in [1.165, 1.54) is 0 Å². The molecule has 2 aromatic carbocycles. The Hall–Kier alpha value is -2.33. The third-order valence-electron chi connectivity index (χ3n) is 3.24. The lowest BCUT2D eigenvalue weighted by Gasteiger charge is -2.26. The van der Waals surface area contributed by atoms with E-state index in [1.54, 1.807) is 12.1 Å². The first-order valence-corrected chi connectivity index (χ1v) is 6.45. The third-order valence-corrected chi connectivity index (χ3v) is 3.24. The van der Waals surface area contributed by atoms with E-state index in [1.807, 2.05) is 48.5 Å². The zero-order chi connectivity index (χ0) is 14.4. The number of carbonyl (C=O) groups excluding carboxylic acids is 1. The lowest BCUT2D eigenvalue weighted by Crippen LogP contribution is -2.50. The van der Waals surface area contributed by atoms with E-state index in [2.05, 4.69) is 0 Å². The summed E-state index contributed by atoms with van der Waals surface area (Å²) in [6.07, 6.45) is 0.321. The van der Waals surface area contributed by atoms with Crippen LogP contribution in [0.15, 0.2) is 60.7 Å². The van der Waals surface area contributed by atoms with Crippen LogP contribution < -0.4 is 16.2 Å². The number of nitrogens with two attached hydrogens (primary N) is 2. The van der Waals surface area contributed by atoms with Gasteiger partial charge in [-0.3, -0.25) is 4.79 Å². The molecule has 2 aromatic rings. The number of benzene rings is 2. The maximum atomic E-state index is 11.7. The van der Waals surface area contributed by atoms with Crippen molar-refractivity contribution in [3.8, 4) is 5.75 Å². The molecule has 0 aliphatic heterocycles. The monoisotopic (exact) mass is 270 g/mol. The molecule has 4 nitrogen and oxygen atoms in total. The number of rotatable bonds is 6. The molecule has 20 heavy (non-hydrogen) atoms. The van der Waals surface area contributed by atoms with Crippen molar-refractivity contribution in [1.82, 2.24) is 0 Å². The second-order valence-electron chi connectivity index (χ2n) is 4.61. The minimum atomic E-state index is -1.21. The lowest BCUT2D eigenvalue weighted by atomic mass is 9.87. The van der Waals surface area contributed by atoms with E-state index in [4.69, 9.17) is 16.2 Å². The molecule has 1 amide bonds. The molecule has 0 fully saturated rings. The van der Waals surface area contributed by atoms with Gasteiger partial charge in [-0.25, -0.2) is 0 Å². The van der Waals surface area contributed by atoms with Crippen molar-refractivity contribution >= 4 is 5.91 Å². The van der Waals surface area contributed by atoms with Gasteiger partial charge in [0.05, 0.1) is 6.61 Å². The number of hydrogen-bond acceptors (Lipinski definition) is 3. The zero-order valence-electron chi connectivity index (χ0n) is 11.2. The van der Waals surface area contributed by atoms with Gasteiger partial charge < -0.3 is 16.2 Å². The first kappa shape index (κ1) is 14.1. The Kier molecular flexibility index (Phi) is 4.38. The standard InChI is InChI=1S/C16H18N2O2/c17-15(19)16(18,13-7-3-1-4-8-13)11-12-20-14-9-5-2-6-10-14/h1-10H,11-12,18H2,(H2,17,19). The van der Waals surface area contributed by atoms with Crippen molar-refractivity contribution in [3.63, 3.8) is 0 Å². The molecule has 0 saturated carbocycles. The number of carbonyl (C=O) groups is 1. The molecule has 0 heterocycles. The Morgan fingerprint density at radius 2 is 1.55 bits per heavy atom. The van der Waals surface area contributed by atoms with Gasteiger partial charge in [0.2, 0.25) is 5.91 Å². The molecule has 1 unspecified atom stereocenters. The van der Waals surface area contributed by atoms with E-state index in [0.29, 0.717) is 18.6 Å². The Labute approximate surface area is 118 Å². The highest BCUT2D eigenvalue weighted by atomic mass is 16.5. The summed E-state index contributed by atoms with van der Waals surface area (Å²) >= 11 is 0. The lowest BCUT2D eigenvalue weighted by molar-refractivity contribution is -0.124. The van der Waals surface area contributed by atoms with Crippen molar-refractivity contribution in [2.75, 3.05) is 6.61 Å². The molecule has 0 aliphatic rings. The summed E-state index contributed by atoms with van der Waals surface area (Å²) in [4.78, 5) is 11.7. The Bertz CT molecular complexity index is 557. The predicted octanol–water partition coefficient (Wildman–Crippen LogP) is 1.79. The normalized spacial score (nSPS) is 13.4. The summed E-state index contributed by atoms with van der Waals surface area (Å²) in [5, 5.41) is 0. The van der Waals surface area contributed by atoms with Gasteiger partial charge >= 0.3 is 0 Å². The largest absolute Gasteiger partial charge is 0.493 e. The average Bonchev–Trinajstić information content (AvgIpc) is 2.49. The highest BCUT2D eigenvalue weighted by molar-refractivity contribution is 5.85. The van der Waals surface area contributed by atoms with Gasteiger partial charge in [0.25, 0.3) is 0 Å². The second kappa shape index (κ2) is 6.21. The van der Waals surface area contributed by atoms with Crippen molar-refractivity contribution in [1.29, 1.82) is 0 Å². The van der Waals surface area contributed by atoms with Crippen LogP contribution in [-0.4, -0.2) is 12.5 Å². The first-order valence-electron chi connectivity index (χ1n) is 6.45. The van der Waals surface area contributed by atoms with Gasteiger partial charge in [-0.05, 0) is 17.7 Å². The van der Waals surface area contributed by atoms with E-state index < -0.39 is 11.4 Å². The molecule has 0 bridgehead atoms. The topological polar surface area (TPSA) is 78.3 Å². The molecule has 104 valence electrons. The summed E-state index contributed by atoms with van der Waals surface area (Å²) in [5.41, 5.74) is 11.1. The highest BCUT2D eigenvalue weighted by Gasteiger charge is 2.33. The Morgan fingerprint density at radius 3 is 2.10 bits per heavy atom. The third kappa shape index (κ3) is 3.16. The molecular formula is C16H18N2O2. The van der Waals surface area contributed by atoms with Crippen LogP contribution >= 0.6 is 0 Å². The molecule has 0 aliphatic carbocycles. The minimum Gasteiger partial charge on any atom is -0.493 e. The Balaban J connectivity index is 2.05. The summed E-state index contributed by atoms with van der Waals surface area (Å²) in [5.74, 6) is 0.188. The SMILES string of the molecule is NC(=O)C(N)(CCOc1ccccc1)c1ccccc1. The van der Waals surface area contributed by atoms with Crippen LogP contribution in [0.2, 0.25) is 0 Å². The van der Waals surface area contributed by atoms with E-state index in [-0.39, 0.29) is 0 Å². The molecule has 4 heteroatoms. The van der Waals surface area contributed by atoms with Gasteiger partial charge in [-0.15, -0.1) is 0 Å². The molecule has 0 saturated heterocycles. The first-order chi connectivity index (χ1) is 9.63. The van der Waals surface area contributed by atoms with E-state index in [9.17, 15) is 4.79 Å². The van der Waals surface area contributed by atoms with Crippen LogP contribution in [-0.2, 0) is 10.3 Å². The van der Waals surface area contributed by atoms with Crippen LogP contribution in [0.25, 0.3) is 0 Å². The van der Waals surface area contributed by atoms with Gasteiger partial charge in [0.1, 0.15) is 11.3 Å². The Morgan fingerprint density at radius 1 is 1.00 bits per heavy atom. The number of amides is 1. The van der Waals surface area contributed by atoms with Gasteiger partial charge in [-0.2, -0.15) is 0 Å². The summed E-state index contributed by atoms with van der Waals surface area (Å²) in [7, 11) is 0. The molecular weight excluding hydrogens is 252 g/mol. The minimum absolute atomic E-state index is 0.318. The van der Waals surface area contributed by atoms with Crippen LogP contribution in [0.5, 0.6) is 5.75 Å². The smallest absolute Gasteiger partial charge is 0.242 e. The molecule has 1 atom stereocenters. The predicted molar refractivity (Wildman–Crippen MR) is 78.1 cm³/mol. The van der Waals surface area contributed by atoms with Crippen molar-refractivity contribution in [2.45, 2.75) is 12.0 Å². The fourth-order valence-corrected chi connectivity index (χ4v) is 1.99. The number of para-hydroxylation sites is 1. The zero-order valence-corrected chi connectivity index (χ0v) is 11.2. The van der Waals surface area contributed by atoms with Crippen LogP contribution in [0.1, 0.15) is 12.0 Å². The van der Waals surface area contributed by atoms with E-state index >= 15 is 0 Å². The number of ether oxygens (including phenoxy) is 1. The summed E-state index contributed by atoms with van der Waals surface area (Å²) in [6.45, 7) is 0.318. The summed E-state index contributed by atoms with van der Waals surface area (Å²) < 4.78 is 5.59.